The van der Waals surface area contributed by atoms with Gasteiger partial charge in [0, 0.05) is 18.0 Å². The maximum atomic E-state index is 13.3. The van der Waals surface area contributed by atoms with E-state index < -0.39 is 0 Å². The summed E-state index contributed by atoms with van der Waals surface area (Å²) in [7, 11) is 0. The average Bonchev–Trinajstić information content (AvgIpc) is 2.42. The molecule has 0 aromatic heterocycles. The lowest BCUT2D eigenvalue weighted by atomic mass is 10.3. The van der Waals surface area contributed by atoms with Crippen molar-refractivity contribution in [3.8, 4) is 0 Å². The van der Waals surface area contributed by atoms with Gasteiger partial charge in [-0.15, -0.1) is 11.8 Å². The topological polar surface area (TPSA) is 38.3 Å². The minimum Gasteiger partial charge on any atom is -0.380 e. The van der Waals surface area contributed by atoms with Gasteiger partial charge in [0.2, 0.25) is 5.91 Å². The van der Waals surface area contributed by atoms with Crippen LogP contribution >= 0.6 is 11.8 Å². The Balaban J connectivity index is 2.10. The molecule has 1 N–H and O–H groups in total. The maximum absolute atomic E-state index is 13.3. The Hall–Kier alpha value is -1.07. The average molecular weight is 285 g/mol. The lowest BCUT2D eigenvalue weighted by Gasteiger charge is -2.06. The first-order chi connectivity index (χ1) is 9.24. The van der Waals surface area contributed by atoms with Crippen molar-refractivity contribution in [2.24, 2.45) is 0 Å². The third-order valence-electron chi connectivity index (χ3n) is 2.41. The molecule has 19 heavy (non-hydrogen) atoms. The van der Waals surface area contributed by atoms with E-state index in [1.807, 2.05) is 0 Å². The van der Waals surface area contributed by atoms with Crippen molar-refractivity contribution in [2.45, 2.75) is 24.7 Å². The Morgan fingerprint density at radius 3 is 2.89 bits per heavy atom. The summed E-state index contributed by atoms with van der Waals surface area (Å²) >= 11 is 1.20. The van der Waals surface area contributed by atoms with Gasteiger partial charge in [-0.2, -0.15) is 0 Å². The van der Waals surface area contributed by atoms with Gasteiger partial charge in [0.1, 0.15) is 5.82 Å². The predicted molar refractivity (Wildman–Crippen MR) is 75.9 cm³/mol. The van der Waals surface area contributed by atoms with E-state index in [1.165, 1.54) is 17.8 Å². The zero-order chi connectivity index (χ0) is 13.9. The molecule has 1 aromatic carbocycles. The van der Waals surface area contributed by atoms with Gasteiger partial charge in [0.25, 0.3) is 0 Å². The van der Waals surface area contributed by atoms with Crippen molar-refractivity contribution >= 4 is 17.7 Å². The quantitative estimate of drug-likeness (QED) is 0.560. The van der Waals surface area contributed by atoms with Crippen LogP contribution < -0.4 is 5.32 Å². The molecular weight excluding hydrogens is 265 g/mol. The van der Waals surface area contributed by atoms with E-state index in [4.69, 9.17) is 4.74 Å². The minimum absolute atomic E-state index is 0.104. The van der Waals surface area contributed by atoms with Crippen molar-refractivity contribution < 1.29 is 13.9 Å². The van der Waals surface area contributed by atoms with Crippen LogP contribution in [0.4, 0.5) is 4.39 Å². The summed E-state index contributed by atoms with van der Waals surface area (Å²) in [6.45, 7) is 3.86. The van der Waals surface area contributed by atoms with Crippen molar-refractivity contribution in [2.75, 3.05) is 25.5 Å². The summed E-state index contributed by atoms with van der Waals surface area (Å²) in [5, 5.41) is 2.74. The highest BCUT2D eigenvalue weighted by molar-refractivity contribution is 8.00. The zero-order valence-electron chi connectivity index (χ0n) is 11.2. The Kier molecular flexibility index (Phi) is 8.25. The van der Waals surface area contributed by atoms with Crippen molar-refractivity contribution in [3.63, 3.8) is 0 Å². The van der Waals surface area contributed by atoms with Crippen LogP contribution in [0.15, 0.2) is 29.2 Å². The molecule has 0 saturated carbocycles. The molecule has 0 heterocycles. The van der Waals surface area contributed by atoms with E-state index in [1.54, 1.807) is 18.2 Å². The molecule has 0 spiro atoms. The molecule has 0 aliphatic carbocycles. The standard InChI is InChI=1S/C14H20FNO2S/c1-2-3-9-18-10-8-16-14(17)11-19-13-7-5-4-6-12(13)15/h4-7H,2-3,8-11H2,1H3,(H,16,17). The first-order valence-corrected chi connectivity index (χ1v) is 7.44. The van der Waals surface area contributed by atoms with Crippen LogP contribution in [0.25, 0.3) is 0 Å². The number of rotatable bonds is 9. The maximum Gasteiger partial charge on any atom is 0.230 e. The van der Waals surface area contributed by atoms with Crippen LogP contribution in [-0.4, -0.2) is 31.4 Å². The fraction of sp³-hybridized carbons (Fsp3) is 0.500. The Labute approximate surface area is 117 Å². The van der Waals surface area contributed by atoms with Gasteiger partial charge in [0.15, 0.2) is 0 Å². The molecule has 0 aliphatic rings. The molecule has 0 aliphatic heterocycles. The van der Waals surface area contributed by atoms with Gasteiger partial charge in [-0.05, 0) is 18.6 Å². The zero-order valence-corrected chi connectivity index (χ0v) is 12.0. The number of hydrogen-bond donors (Lipinski definition) is 1. The molecular formula is C14H20FNO2S. The fourth-order valence-corrected chi connectivity index (χ4v) is 2.14. The third-order valence-corrected chi connectivity index (χ3v) is 3.45. The number of carbonyl (C=O) groups excluding carboxylic acids is 1. The molecule has 3 nitrogen and oxygen atoms in total. The number of carbonyl (C=O) groups is 1. The highest BCUT2D eigenvalue weighted by Crippen LogP contribution is 2.20. The van der Waals surface area contributed by atoms with Crippen LogP contribution in [0.5, 0.6) is 0 Å². The lowest BCUT2D eigenvalue weighted by Crippen LogP contribution is -2.28. The van der Waals surface area contributed by atoms with E-state index in [-0.39, 0.29) is 17.5 Å². The molecule has 1 aromatic rings. The number of halogens is 1. The van der Waals surface area contributed by atoms with E-state index in [2.05, 4.69) is 12.2 Å². The van der Waals surface area contributed by atoms with E-state index in [0.717, 1.165) is 19.4 Å². The van der Waals surface area contributed by atoms with Gasteiger partial charge in [-0.25, -0.2) is 4.39 Å². The molecule has 0 atom stereocenters. The van der Waals surface area contributed by atoms with Gasteiger partial charge in [-0.1, -0.05) is 25.5 Å². The van der Waals surface area contributed by atoms with Crippen LogP contribution in [0, 0.1) is 5.82 Å². The summed E-state index contributed by atoms with van der Waals surface area (Å²) in [4.78, 5) is 12.0. The highest BCUT2D eigenvalue weighted by Gasteiger charge is 2.05. The summed E-state index contributed by atoms with van der Waals surface area (Å²) in [6.07, 6.45) is 2.14. The number of hydrogen-bond acceptors (Lipinski definition) is 3. The van der Waals surface area contributed by atoms with Gasteiger partial charge < -0.3 is 10.1 Å². The molecule has 5 heteroatoms. The Bertz CT molecular complexity index is 387. The Morgan fingerprint density at radius 2 is 2.16 bits per heavy atom. The van der Waals surface area contributed by atoms with Crippen LogP contribution in [0.1, 0.15) is 19.8 Å². The smallest absolute Gasteiger partial charge is 0.230 e. The number of benzene rings is 1. The van der Waals surface area contributed by atoms with E-state index in [0.29, 0.717) is 18.0 Å². The van der Waals surface area contributed by atoms with Crippen LogP contribution in [0.3, 0.4) is 0 Å². The van der Waals surface area contributed by atoms with Gasteiger partial charge in [0.05, 0.1) is 12.4 Å². The number of thioether (sulfide) groups is 1. The second kappa shape index (κ2) is 9.81. The summed E-state index contributed by atoms with van der Waals surface area (Å²) < 4.78 is 18.6. The third kappa shape index (κ3) is 7.18. The first-order valence-electron chi connectivity index (χ1n) is 6.45. The molecule has 0 bridgehead atoms. The van der Waals surface area contributed by atoms with Crippen molar-refractivity contribution in [1.29, 1.82) is 0 Å². The molecule has 1 rings (SSSR count). The monoisotopic (exact) mass is 285 g/mol. The van der Waals surface area contributed by atoms with Crippen molar-refractivity contribution in [1.82, 2.24) is 5.32 Å². The SMILES string of the molecule is CCCCOCCNC(=O)CSc1ccccc1F. The van der Waals surface area contributed by atoms with Crippen molar-refractivity contribution in [3.05, 3.63) is 30.1 Å². The Morgan fingerprint density at radius 1 is 1.37 bits per heavy atom. The normalized spacial score (nSPS) is 10.4. The lowest BCUT2D eigenvalue weighted by molar-refractivity contribution is -0.118. The van der Waals surface area contributed by atoms with Crippen LogP contribution in [-0.2, 0) is 9.53 Å². The molecule has 1 amide bonds. The molecule has 0 saturated heterocycles. The first kappa shape index (κ1) is 16.0. The minimum atomic E-state index is -0.289. The van der Waals surface area contributed by atoms with E-state index in [9.17, 15) is 9.18 Å². The molecule has 0 fully saturated rings. The number of amides is 1. The molecule has 0 unspecified atom stereocenters. The second-order valence-electron chi connectivity index (χ2n) is 4.03. The summed E-state index contributed by atoms with van der Waals surface area (Å²) in [5.41, 5.74) is 0. The summed E-state index contributed by atoms with van der Waals surface area (Å²) in [5.74, 6) is -0.175. The van der Waals surface area contributed by atoms with Gasteiger partial charge in [-0.3, -0.25) is 4.79 Å². The highest BCUT2D eigenvalue weighted by atomic mass is 32.2. The number of unbranched alkanes of at least 4 members (excludes halogenated alkanes) is 1. The largest absolute Gasteiger partial charge is 0.380 e. The van der Waals surface area contributed by atoms with E-state index >= 15 is 0 Å². The number of ether oxygens (including phenoxy) is 1. The summed E-state index contributed by atoms with van der Waals surface area (Å²) in [6, 6.07) is 6.45. The predicted octanol–water partition coefficient (Wildman–Crippen LogP) is 2.85. The van der Waals surface area contributed by atoms with Gasteiger partial charge >= 0.3 is 0 Å². The molecule has 106 valence electrons. The fourth-order valence-electron chi connectivity index (χ4n) is 1.37. The number of nitrogens with one attached hydrogen (secondary N) is 1. The second-order valence-corrected chi connectivity index (χ2v) is 5.05. The van der Waals surface area contributed by atoms with Crippen LogP contribution in [0.2, 0.25) is 0 Å². The molecule has 0 radical (unpaired) electrons.